The molecule has 0 spiro atoms. The molecule has 0 amide bonds. The molecule has 2 N–H and O–H groups in total. The third-order valence-electron chi connectivity index (χ3n) is 3.72. The predicted molar refractivity (Wildman–Crippen MR) is 90.6 cm³/mol. The van der Waals surface area contributed by atoms with Crippen LogP contribution in [-0.2, 0) is 11.3 Å². The molecule has 0 aromatic heterocycles. The maximum absolute atomic E-state index is 11.9. The van der Waals surface area contributed by atoms with Gasteiger partial charge >= 0.3 is 5.95 Å². The lowest BCUT2D eigenvalue weighted by Gasteiger charge is -2.13. The number of hydrogen-bond donors (Lipinski definition) is 2. The number of phenols is 1. The Kier molecular flexibility index (Phi) is 4.72. The molecule has 6 nitrogen and oxygen atoms in total. The average Bonchev–Trinajstić information content (AvgIpc) is 2.99. The van der Waals surface area contributed by atoms with Crippen molar-refractivity contribution in [2.24, 2.45) is 0 Å². The summed E-state index contributed by atoms with van der Waals surface area (Å²) in [5.41, 5.74) is 1.49. The first-order valence-electron chi connectivity index (χ1n) is 7.54. The van der Waals surface area contributed by atoms with Crippen molar-refractivity contribution in [3.8, 4) is 17.2 Å². The highest BCUT2D eigenvalue weighted by Gasteiger charge is 2.29. The standard InChI is InChI=1S/C19H16O6/c1-12(25-22)24-16-10-17-18(15(20)11-23-17)19(21)14(16)9-5-8-13-6-3-2-4-7-13/h2-8,10,21-22H,1,9,11H2/b8-5+. The molecule has 1 heterocycles. The summed E-state index contributed by atoms with van der Waals surface area (Å²) in [5, 5.41) is 19.1. The third-order valence-corrected chi connectivity index (χ3v) is 3.72. The van der Waals surface area contributed by atoms with Gasteiger partial charge in [-0.15, -0.1) is 0 Å². The normalized spacial score (nSPS) is 12.8. The second-order valence-corrected chi connectivity index (χ2v) is 5.37. The van der Waals surface area contributed by atoms with Gasteiger partial charge in [-0.05, 0) is 18.6 Å². The highest BCUT2D eigenvalue weighted by atomic mass is 17.1. The van der Waals surface area contributed by atoms with E-state index in [9.17, 15) is 9.90 Å². The van der Waals surface area contributed by atoms with Gasteiger partial charge in [-0.1, -0.05) is 42.5 Å². The zero-order valence-corrected chi connectivity index (χ0v) is 13.3. The number of ketones is 1. The summed E-state index contributed by atoms with van der Waals surface area (Å²) in [6, 6.07) is 11.1. The lowest BCUT2D eigenvalue weighted by molar-refractivity contribution is -0.230. The lowest BCUT2D eigenvalue weighted by atomic mass is 10.0. The Bertz CT molecular complexity index is 839. The van der Waals surface area contributed by atoms with E-state index in [2.05, 4.69) is 11.5 Å². The van der Waals surface area contributed by atoms with Crippen LogP contribution in [-0.4, -0.2) is 22.8 Å². The van der Waals surface area contributed by atoms with Crippen molar-refractivity contribution >= 4 is 11.9 Å². The predicted octanol–water partition coefficient (Wildman–Crippen LogP) is 3.56. The van der Waals surface area contributed by atoms with Crippen LogP contribution in [0.4, 0.5) is 0 Å². The maximum Gasteiger partial charge on any atom is 0.314 e. The number of Topliss-reactive ketones (excluding diaryl/α,β-unsaturated/α-hetero) is 1. The number of benzene rings is 2. The molecule has 2 aromatic rings. The topological polar surface area (TPSA) is 85.2 Å². The van der Waals surface area contributed by atoms with Gasteiger partial charge in [0, 0.05) is 11.6 Å². The van der Waals surface area contributed by atoms with Crippen LogP contribution in [0.3, 0.4) is 0 Å². The van der Waals surface area contributed by atoms with Crippen LogP contribution in [0.1, 0.15) is 21.5 Å². The number of carbonyl (C=O) groups is 1. The van der Waals surface area contributed by atoms with Crippen molar-refractivity contribution in [1.82, 2.24) is 0 Å². The fourth-order valence-electron chi connectivity index (χ4n) is 2.57. The molecule has 0 radical (unpaired) electrons. The summed E-state index contributed by atoms with van der Waals surface area (Å²) >= 11 is 0. The van der Waals surface area contributed by atoms with E-state index in [1.54, 1.807) is 0 Å². The number of phenolic OH excluding ortho intramolecular Hbond substituents is 1. The van der Waals surface area contributed by atoms with E-state index in [0.717, 1.165) is 5.56 Å². The number of rotatable bonds is 6. The molecule has 1 aliphatic heterocycles. The Morgan fingerprint density at radius 2 is 2.08 bits per heavy atom. The van der Waals surface area contributed by atoms with Gasteiger partial charge in [-0.25, -0.2) is 0 Å². The van der Waals surface area contributed by atoms with Crippen LogP contribution < -0.4 is 9.47 Å². The van der Waals surface area contributed by atoms with Gasteiger partial charge in [-0.3, -0.25) is 4.79 Å². The third kappa shape index (κ3) is 3.49. The van der Waals surface area contributed by atoms with Crippen molar-refractivity contribution in [1.29, 1.82) is 0 Å². The number of carbonyl (C=O) groups excluding carboxylic acids is 1. The molecule has 128 valence electrons. The molecule has 6 heteroatoms. The molecule has 3 rings (SSSR count). The van der Waals surface area contributed by atoms with Crippen molar-refractivity contribution in [3.63, 3.8) is 0 Å². The van der Waals surface area contributed by atoms with Crippen LogP contribution >= 0.6 is 0 Å². The zero-order chi connectivity index (χ0) is 17.8. The van der Waals surface area contributed by atoms with Crippen molar-refractivity contribution < 1.29 is 29.5 Å². The summed E-state index contributed by atoms with van der Waals surface area (Å²) in [4.78, 5) is 15.8. The monoisotopic (exact) mass is 340 g/mol. The van der Waals surface area contributed by atoms with Gasteiger partial charge in [-0.2, -0.15) is 5.26 Å². The first-order valence-corrected chi connectivity index (χ1v) is 7.54. The van der Waals surface area contributed by atoms with Gasteiger partial charge < -0.3 is 19.5 Å². The Hall–Kier alpha value is -3.25. The molecular formula is C19H16O6. The molecule has 0 unspecified atom stereocenters. The number of hydrogen-bond acceptors (Lipinski definition) is 6. The van der Waals surface area contributed by atoms with Crippen LogP contribution in [0.5, 0.6) is 17.2 Å². The van der Waals surface area contributed by atoms with E-state index in [4.69, 9.17) is 14.7 Å². The molecule has 1 aliphatic rings. The van der Waals surface area contributed by atoms with E-state index in [1.807, 2.05) is 42.5 Å². The second-order valence-electron chi connectivity index (χ2n) is 5.37. The van der Waals surface area contributed by atoms with Gasteiger partial charge in [0.05, 0.1) is 0 Å². The van der Waals surface area contributed by atoms with Crippen LogP contribution in [0.2, 0.25) is 0 Å². The molecule has 0 saturated heterocycles. The first kappa shape index (κ1) is 16.6. The molecule has 0 bridgehead atoms. The van der Waals surface area contributed by atoms with Gasteiger partial charge in [0.2, 0.25) is 5.78 Å². The molecule has 0 atom stereocenters. The van der Waals surface area contributed by atoms with Gasteiger partial charge in [0.25, 0.3) is 0 Å². The summed E-state index contributed by atoms with van der Waals surface area (Å²) in [6.45, 7) is 3.24. The van der Waals surface area contributed by atoms with Crippen molar-refractivity contribution in [2.75, 3.05) is 6.61 Å². The van der Waals surface area contributed by atoms with E-state index in [1.165, 1.54) is 6.07 Å². The van der Waals surface area contributed by atoms with Gasteiger partial charge in [0.1, 0.15) is 22.8 Å². The number of aromatic hydroxyl groups is 1. The summed E-state index contributed by atoms with van der Waals surface area (Å²) < 4.78 is 10.5. The minimum Gasteiger partial charge on any atom is -0.507 e. The molecule has 2 aromatic carbocycles. The largest absolute Gasteiger partial charge is 0.507 e. The Morgan fingerprint density at radius 1 is 1.32 bits per heavy atom. The van der Waals surface area contributed by atoms with Gasteiger partial charge in [0.15, 0.2) is 6.61 Å². The molecule has 25 heavy (non-hydrogen) atoms. The van der Waals surface area contributed by atoms with E-state index in [-0.39, 0.29) is 47.6 Å². The minimum atomic E-state index is -0.364. The van der Waals surface area contributed by atoms with Crippen LogP contribution in [0.25, 0.3) is 6.08 Å². The number of ether oxygens (including phenoxy) is 2. The zero-order valence-electron chi connectivity index (χ0n) is 13.3. The van der Waals surface area contributed by atoms with E-state index < -0.39 is 0 Å². The highest BCUT2D eigenvalue weighted by Crippen LogP contribution is 2.42. The maximum atomic E-state index is 11.9. The molecule has 0 saturated carbocycles. The Morgan fingerprint density at radius 3 is 2.80 bits per heavy atom. The minimum absolute atomic E-state index is 0.131. The first-order chi connectivity index (χ1) is 12.1. The second kappa shape index (κ2) is 7.11. The average molecular weight is 340 g/mol. The smallest absolute Gasteiger partial charge is 0.314 e. The molecule has 0 aliphatic carbocycles. The fraction of sp³-hybridized carbons (Fsp3) is 0.105. The van der Waals surface area contributed by atoms with Crippen molar-refractivity contribution in [3.05, 3.63) is 71.7 Å². The summed E-state index contributed by atoms with van der Waals surface area (Å²) in [5.74, 6) is -0.471. The fourth-order valence-corrected chi connectivity index (χ4v) is 2.57. The Balaban J connectivity index is 1.95. The Labute approximate surface area is 144 Å². The SMILES string of the molecule is C=C(OO)Oc1cc2c(c(O)c1C/C=C/c1ccccc1)C(=O)CO2. The number of fused-ring (bicyclic) bond motifs is 1. The molecule has 0 fully saturated rings. The van der Waals surface area contributed by atoms with Crippen molar-refractivity contribution in [2.45, 2.75) is 6.42 Å². The van der Waals surface area contributed by atoms with E-state index in [0.29, 0.717) is 5.56 Å². The highest BCUT2D eigenvalue weighted by molar-refractivity contribution is 6.05. The van der Waals surface area contributed by atoms with Crippen LogP contribution in [0, 0.1) is 0 Å². The van der Waals surface area contributed by atoms with E-state index >= 15 is 0 Å². The lowest BCUT2D eigenvalue weighted by Crippen LogP contribution is -2.02. The number of allylic oxidation sites excluding steroid dienone is 1. The summed E-state index contributed by atoms with van der Waals surface area (Å²) in [7, 11) is 0. The quantitative estimate of drug-likeness (QED) is 0.475. The molecular weight excluding hydrogens is 324 g/mol. The van der Waals surface area contributed by atoms with Crippen LogP contribution in [0.15, 0.2) is 55.0 Å². The summed E-state index contributed by atoms with van der Waals surface area (Å²) in [6.07, 6.45) is 3.99.